The fourth-order valence-electron chi connectivity index (χ4n) is 0.628. The average molecular weight is 124 g/mol. The summed E-state index contributed by atoms with van der Waals surface area (Å²) in [7, 11) is 0. The fourth-order valence-corrected chi connectivity index (χ4v) is 0.628. The first-order valence-electron chi connectivity index (χ1n) is 2.72. The summed E-state index contributed by atoms with van der Waals surface area (Å²) in [5, 5.41) is 0. The third-order valence-electron chi connectivity index (χ3n) is 1.28. The second-order valence-corrected chi connectivity index (χ2v) is 2.14. The summed E-state index contributed by atoms with van der Waals surface area (Å²) in [6, 6.07) is 0. The quantitative estimate of drug-likeness (QED) is 0.385. The molecule has 0 fully saturated rings. The molecule has 48 valence electrons. The average Bonchev–Trinajstić information content (AvgIpc) is 2.13. The number of ether oxygens (including phenoxy) is 1. The molecule has 0 aliphatic carbocycles. The summed E-state index contributed by atoms with van der Waals surface area (Å²) in [5.41, 5.74) is -0.558. The first-order valence-corrected chi connectivity index (χ1v) is 2.72. The Morgan fingerprint density at radius 3 is 2.78 bits per heavy atom. The number of carbonyl (C=O) groups excluding carboxylic acids is 1. The Morgan fingerprint density at radius 2 is 2.56 bits per heavy atom. The predicted octanol–water partition coefficient (Wildman–Crippen LogP) is 1.04. The SMILES string of the molecule is C=C[C@@]1(C)C=CC(=O)O1. The molecule has 1 rings (SSSR count). The van der Waals surface area contributed by atoms with E-state index in [1.165, 1.54) is 6.08 Å². The predicted molar refractivity (Wildman–Crippen MR) is 33.8 cm³/mol. The Balaban J connectivity index is 2.79. The highest BCUT2D eigenvalue weighted by atomic mass is 16.6. The molecular formula is C7H8O2. The lowest BCUT2D eigenvalue weighted by molar-refractivity contribution is -0.141. The third kappa shape index (κ3) is 1.02. The smallest absolute Gasteiger partial charge is 0.331 e. The topological polar surface area (TPSA) is 26.3 Å². The van der Waals surface area contributed by atoms with Crippen LogP contribution in [0.4, 0.5) is 0 Å². The highest BCUT2D eigenvalue weighted by Crippen LogP contribution is 2.19. The maximum atomic E-state index is 10.5. The van der Waals surface area contributed by atoms with E-state index in [0.29, 0.717) is 0 Å². The molecule has 1 heterocycles. The molecule has 1 atom stereocenters. The molecule has 0 amide bonds. The van der Waals surface area contributed by atoms with Crippen LogP contribution in [0.2, 0.25) is 0 Å². The maximum absolute atomic E-state index is 10.5. The molecule has 0 unspecified atom stereocenters. The van der Waals surface area contributed by atoms with Crippen LogP contribution in [0.3, 0.4) is 0 Å². The van der Waals surface area contributed by atoms with Crippen molar-refractivity contribution in [3.8, 4) is 0 Å². The molecule has 0 bridgehead atoms. The van der Waals surface area contributed by atoms with Gasteiger partial charge in [-0.05, 0) is 19.1 Å². The van der Waals surface area contributed by atoms with Crippen LogP contribution in [0, 0.1) is 0 Å². The number of hydrogen-bond donors (Lipinski definition) is 0. The normalized spacial score (nSPS) is 32.3. The largest absolute Gasteiger partial charge is 0.448 e. The molecule has 0 saturated heterocycles. The molecule has 0 aromatic rings. The molecule has 0 radical (unpaired) electrons. The van der Waals surface area contributed by atoms with Crippen LogP contribution in [0.25, 0.3) is 0 Å². The molecular weight excluding hydrogens is 116 g/mol. The van der Waals surface area contributed by atoms with Gasteiger partial charge in [-0.15, -0.1) is 0 Å². The van der Waals surface area contributed by atoms with E-state index in [9.17, 15) is 4.79 Å². The van der Waals surface area contributed by atoms with Gasteiger partial charge in [0.15, 0.2) is 0 Å². The molecule has 0 N–H and O–H groups in total. The van der Waals surface area contributed by atoms with Gasteiger partial charge in [0.05, 0.1) is 0 Å². The summed E-state index contributed by atoms with van der Waals surface area (Å²) in [6.45, 7) is 5.30. The van der Waals surface area contributed by atoms with Gasteiger partial charge in [0.1, 0.15) is 5.60 Å². The van der Waals surface area contributed by atoms with Crippen LogP contribution in [0.5, 0.6) is 0 Å². The van der Waals surface area contributed by atoms with Crippen molar-refractivity contribution in [2.75, 3.05) is 0 Å². The van der Waals surface area contributed by atoms with Crippen molar-refractivity contribution in [3.05, 3.63) is 24.8 Å². The molecule has 2 heteroatoms. The second-order valence-electron chi connectivity index (χ2n) is 2.14. The summed E-state index contributed by atoms with van der Waals surface area (Å²) in [4.78, 5) is 10.5. The van der Waals surface area contributed by atoms with Crippen molar-refractivity contribution in [3.63, 3.8) is 0 Å². The lowest BCUT2D eigenvalue weighted by Crippen LogP contribution is -2.19. The van der Waals surface area contributed by atoms with Gasteiger partial charge < -0.3 is 4.74 Å². The van der Waals surface area contributed by atoms with Gasteiger partial charge >= 0.3 is 5.97 Å². The van der Waals surface area contributed by atoms with Crippen molar-refractivity contribution in [2.24, 2.45) is 0 Å². The molecule has 1 aliphatic rings. The van der Waals surface area contributed by atoms with Gasteiger partial charge in [-0.1, -0.05) is 6.58 Å². The Hall–Kier alpha value is -1.05. The number of esters is 1. The first kappa shape index (κ1) is 6.08. The van der Waals surface area contributed by atoms with Crippen molar-refractivity contribution < 1.29 is 9.53 Å². The van der Waals surface area contributed by atoms with E-state index < -0.39 is 5.60 Å². The second kappa shape index (κ2) is 1.72. The number of rotatable bonds is 1. The molecule has 0 aromatic carbocycles. The minimum Gasteiger partial charge on any atom is -0.448 e. The Morgan fingerprint density at radius 1 is 1.89 bits per heavy atom. The highest BCUT2D eigenvalue weighted by molar-refractivity contribution is 5.85. The number of cyclic esters (lactones) is 1. The van der Waals surface area contributed by atoms with Crippen LogP contribution in [0.1, 0.15) is 6.92 Å². The molecule has 0 aromatic heterocycles. The Labute approximate surface area is 53.8 Å². The monoisotopic (exact) mass is 124 g/mol. The van der Waals surface area contributed by atoms with Crippen molar-refractivity contribution in [2.45, 2.75) is 12.5 Å². The van der Waals surface area contributed by atoms with E-state index in [1.54, 1.807) is 19.1 Å². The van der Waals surface area contributed by atoms with E-state index in [2.05, 4.69) is 6.58 Å². The first-order chi connectivity index (χ1) is 4.16. The molecule has 2 nitrogen and oxygen atoms in total. The highest BCUT2D eigenvalue weighted by Gasteiger charge is 2.25. The maximum Gasteiger partial charge on any atom is 0.331 e. The van der Waals surface area contributed by atoms with E-state index in [1.807, 2.05) is 0 Å². The lowest BCUT2D eigenvalue weighted by Gasteiger charge is -2.14. The van der Waals surface area contributed by atoms with E-state index in [0.717, 1.165) is 0 Å². The van der Waals surface area contributed by atoms with Gasteiger partial charge in [-0.2, -0.15) is 0 Å². The minimum atomic E-state index is -0.558. The van der Waals surface area contributed by atoms with Gasteiger partial charge in [0.25, 0.3) is 0 Å². The molecule has 0 saturated carbocycles. The summed E-state index contributed by atoms with van der Waals surface area (Å²) >= 11 is 0. The van der Waals surface area contributed by atoms with Crippen molar-refractivity contribution in [1.82, 2.24) is 0 Å². The molecule has 1 aliphatic heterocycles. The lowest BCUT2D eigenvalue weighted by atomic mass is 10.1. The van der Waals surface area contributed by atoms with Crippen LogP contribution in [-0.2, 0) is 9.53 Å². The zero-order valence-corrected chi connectivity index (χ0v) is 5.26. The molecule has 0 spiro atoms. The van der Waals surface area contributed by atoms with Gasteiger partial charge in [-0.25, -0.2) is 4.79 Å². The fraction of sp³-hybridized carbons (Fsp3) is 0.286. The third-order valence-corrected chi connectivity index (χ3v) is 1.28. The Bertz CT molecular complexity index is 181. The summed E-state index contributed by atoms with van der Waals surface area (Å²) in [6.07, 6.45) is 4.68. The van der Waals surface area contributed by atoms with Gasteiger partial charge in [-0.3, -0.25) is 0 Å². The number of carbonyl (C=O) groups is 1. The van der Waals surface area contributed by atoms with Crippen LogP contribution >= 0.6 is 0 Å². The minimum absolute atomic E-state index is 0.294. The van der Waals surface area contributed by atoms with Gasteiger partial charge in [0.2, 0.25) is 0 Å². The standard InChI is InChI=1S/C7H8O2/c1-3-7(2)5-4-6(8)9-7/h3-5H,1H2,2H3/t7-/m0/s1. The summed E-state index contributed by atoms with van der Waals surface area (Å²) in [5.74, 6) is -0.294. The van der Waals surface area contributed by atoms with Crippen molar-refractivity contribution in [1.29, 1.82) is 0 Å². The van der Waals surface area contributed by atoms with Crippen LogP contribution < -0.4 is 0 Å². The van der Waals surface area contributed by atoms with Crippen LogP contribution in [-0.4, -0.2) is 11.6 Å². The Kier molecular flexibility index (Phi) is 1.16. The summed E-state index contributed by atoms with van der Waals surface area (Å²) < 4.78 is 4.83. The zero-order valence-electron chi connectivity index (χ0n) is 5.26. The van der Waals surface area contributed by atoms with Crippen LogP contribution in [0.15, 0.2) is 24.8 Å². The molecule has 9 heavy (non-hydrogen) atoms. The van der Waals surface area contributed by atoms with Crippen molar-refractivity contribution >= 4 is 5.97 Å². The number of hydrogen-bond acceptors (Lipinski definition) is 2. The van der Waals surface area contributed by atoms with Gasteiger partial charge in [0, 0.05) is 6.08 Å². The zero-order chi connectivity index (χ0) is 6.91. The van der Waals surface area contributed by atoms with E-state index in [4.69, 9.17) is 4.74 Å². The van der Waals surface area contributed by atoms with E-state index >= 15 is 0 Å². The van der Waals surface area contributed by atoms with E-state index in [-0.39, 0.29) is 5.97 Å².